The van der Waals surface area contributed by atoms with E-state index in [-0.39, 0.29) is 5.78 Å². The van der Waals surface area contributed by atoms with Gasteiger partial charge in [-0.1, -0.05) is 11.6 Å². The van der Waals surface area contributed by atoms with Gasteiger partial charge in [0.1, 0.15) is 17.5 Å². The highest BCUT2D eigenvalue weighted by molar-refractivity contribution is 6.29. The number of aromatic nitrogens is 2. The molecule has 0 aliphatic heterocycles. The molecule has 0 aliphatic rings. The Balaban J connectivity index is 2.00. The number of carbonyl (C=O) groups excluding carboxylic acids is 1. The first-order chi connectivity index (χ1) is 8.65. The van der Waals surface area contributed by atoms with Gasteiger partial charge in [-0.2, -0.15) is 0 Å². The van der Waals surface area contributed by atoms with Gasteiger partial charge in [0, 0.05) is 24.0 Å². The zero-order chi connectivity index (χ0) is 13.0. The number of Topliss-reactive ketones (excluding diaryl/α,β-unsaturated/α-hetero) is 1. The molecule has 0 spiro atoms. The number of halogens is 1. The summed E-state index contributed by atoms with van der Waals surface area (Å²) in [4.78, 5) is 19.1. The highest BCUT2D eigenvalue weighted by Crippen LogP contribution is 2.15. The largest absolute Gasteiger partial charge is 0.487 e. The Bertz CT molecular complexity index is 555. The summed E-state index contributed by atoms with van der Waals surface area (Å²) in [5, 5.41) is 0.382. The Hall–Kier alpha value is -1.94. The van der Waals surface area contributed by atoms with Crippen LogP contribution in [0.25, 0.3) is 0 Å². The van der Waals surface area contributed by atoms with Crippen molar-refractivity contribution >= 4 is 17.4 Å². The van der Waals surface area contributed by atoms with Crippen LogP contribution in [0, 0.1) is 0 Å². The first-order valence-corrected chi connectivity index (χ1v) is 5.73. The monoisotopic (exact) mass is 262 g/mol. The molecule has 2 aromatic heterocycles. The molecule has 0 N–H and O–H groups in total. The van der Waals surface area contributed by atoms with Crippen LogP contribution in [-0.4, -0.2) is 15.8 Å². The summed E-state index contributed by atoms with van der Waals surface area (Å²) in [6, 6.07) is 6.84. The average molecular weight is 263 g/mol. The molecule has 2 rings (SSSR count). The Morgan fingerprint density at radius 3 is 2.78 bits per heavy atom. The number of ketones is 1. The second-order valence-electron chi connectivity index (χ2n) is 3.70. The van der Waals surface area contributed by atoms with Crippen LogP contribution in [0.4, 0.5) is 0 Å². The standard InChI is InChI=1S/C13H11ClN2O2/c1-9(17)10-2-3-11(16-7-10)8-18-12-4-5-15-13(14)6-12/h2-7H,8H2,1H3. The summed E-state index contributed by atoms with van der Waals surface area (Å²) in [7, 11) is 0. The van der Waals surface area contributed by atoms with E-state index in [0.717, 1.165) is 5.69 Å². The van der Waals surface area contributed by atoms with E-state index in [1.165, 1.54) is 6.92 Å². The Labute approximate surface area is 110 Å². The van der Waals surface area contributed by atoms with E-state index in [0.29, 0.717) is 23.1 Å². The lowest BCUT2D eigenvalue weighted by Crippen LogP contribution is -2.00. The minimum Gasteiger partial charge on any atom is -0.487 e. The van der Waals surface area contributed by atoms with Gasteiger partial charge in [0.15, 0.2) is 5.78 Å². The second kappa shape index (κ2) is 5.60. The number of ether oxygens (including phenoxy) is 1. The SMILES string of the molecule is CC(=O)c1ccc(COc2ccnc(Cl)c2)nc1. The molecule has 0 amide bonds. The van der Waals surface area contributed by atoms with Gasteiger partial charge in [0.2, 0.25) is 0 Å². The summed E-state index contributed by atoms with van der Waals surface area (Å²) in [6.07, 6.45) is 3.12. The van der Waals surface area contributed by atoms with E-state index in [4.69, 9.17) is 16.3 Å². The number of nitrogens with zero attached hydrogens (tertiary/aromatic N) is 2. The van der Waals surface area contributed by atoms with Crippen LogP contribution in [0.2, 0.25) is 5.15 Å². The third-order valence-corrected chi connectivity index (χ3v) is 2.52. The van der Waals surface area contributed by atoms with Gasteiger partial charge in [-0.3, -0.25) is 9.78 Å². The fraction of sp³-hybridized carbons (Fsp3) is 0.154. The van der Waals surface area contributed by atoms with Gasteiger partial charge in [-0.25, -0.2) is 4.98 Å². The number of hydrogen-bond acceptors (Lipinski definition) is 4. The summed E-state index contributed by atoms with van der Waals surface area (Å²) >= 11 is 5.74. The molecule has 0 saturated heterocycles. The lowest BCUT2D eigenvalue weighted by molar-refractivity contribution is 0.101. The molecule has 0 bridgehead atoms. The zero-order valence-electron chi connectivity index (χ0n) is 9.76. The minimum atomic E-state index is -0.00381. The maximum atomic E-state index is 11.1. The average Bonchev–Trinajstić information content (AvgIpc) is 2.37. The summed E-state index contributed by atoms with van der Waals surface area (Å²) in [6.45, 7) is 1.82. The zero-order valence-corrected chi connectivity index (χ0v) is 10.5. The van der Waals surface area contributed by atoms with Crippen molar-refractivity contribution in [1.82, 2.24) is 9.97 Å². The number of hydrogen-bond donors (Lipinski definition) is 0. The van der Waals surface area contributed by atoms with Crippen LogP contribution in [0.3, 0.4) is 0 Å². The molecule has 0 atom stereocenters. The van der Waals surface area contributed by atoms with Gasteiger partial charge < -0.3 is 4.74 Å². The van der Waals surface area contributed by atoms with Crippen molar-refractivity contribution in [3.8, 4) is 5.75 Å². The van der Waals surface area contributed by atoms with E-state index < -0.39 is 0 Å². The van der Waals surface area contributed by atoms with Gasteiger partial charge in [0.05, 0.1) is 5.69 Å². The van der Waals surface area contributed by atoms with Crippen molar-refractivity contribution in [3.63, 3.8) is 0 Å². The molecular formula is C13H11ClN2O2. The molecule has 5 heteroatoms. The summed E-state index contributed by atoms with van der Waals surface area (Å²) < 4.78 is 5.50. The van der Waals surface area contributed by atoms with Crippen LogP contribution >= 0.6 is 11.6 Å². The van der Waals surface area contributed by atoms with Gasteiger partial charge >= 0.3 is 0 Å². The van der Waals surface area contributed by atoms with Crippen LogP contribution in [-0.2, 0) is 6.61 Å². The quantitative estimate of drug-likeness (QED) is 0.628. The molecule has 0 saturated carbocycles. The van der Waals surface area contributed by atoms with Crippen LogP contribution < -0.4 is 4.74 Å². The molecule has 0 aliphatic carbocycles. The maximum Gasteiger partial charge on any atom is 0.161 e. The lowest BCUT2D eigenvalue weighted by Gasteiger charge is -2.05. The van der Waals surface area contributed by atoms with Crippen molar-refractivity contribution in [2.45, 2.75) is 13.5 Å². The molecule has 0 aromatic carbocycles. The number of carbonyl (C=O) groups is 1. The smallest absolute Gasteiger partial charge is 0.161 e. The van der Waals surface area contributed by atoms with Crippen molar-refractivity contribution in [2.24, 2.45) is 0 Å². The second-order valence-corrected chi connectivity index (χ2v) is 4.08. The van der Waals surface area contributed by atoms with Crippen molar-refractivity contribution in [1.29, 1.82) is 0 Å². The van der Waals surface area contributed by atoms with E-state index >= 15 is 0 Å². The molecule has 92 valence electrons. The van der Waals surface area contributed by atoms with Crippen molar-refractivity contribution < 1.29 is 9.53 Å². The molecular weight excluding hydrogens is 252 g/mol. The summed E-state index contributed by atoms with van der Waals surface area (Å²) in [5.41, 5.74) is 1.33. The first-order valence-electron chi connectivity index (χ1n) is 5.35. The lowest BCUT2D eigenvalue weighted by atomic mass is 10.2. The third kappa shape index (κ3) is 3.28. The molecule has 2 heterocycles. The highest BCUT2D eigenvalue weighted by Gasteiger charge is 2.01. The third-order valence-electron chi connectivity index (χ3n) is 2.32. The fourth-order valence-corrected chi connectivity index (χ4v) is 1.51. The topological polar surface area (TPSA) is 52.1 Å². The molecule has 2 aromatic rings. The maximum absolute atomic E-state index is 11.1. The van der Waals surface area contributed by atoms with Crippen LogP contribution in [0.5, 0.6) is 5.75 Å². The number of rotatable bonds is 4. The molecule has 18 heavy (non-hydrogen) atoms. The fourth-order valence-electron chi connectivity index (χ4n) is 1.35. The van der Waals surface area contributed by atoms with Crippen LogP contribution in [0.1, 0.15) is 23.0 Å². The Morgan fingerprint density at radius 2 is 2.17 bits per heavy atom. The normalized spacial score (nSPS) is 10.1. The van der Waals surface area contributed by atoms with E-state index in [2.05, 4.69) is 9.97 Å². The van der Waals surface area contributed by atoms with E-state index in [1.54, 1.807) is 36.7 Å². The number of pyridine rings is 2. The van der Waals surface area contributed by atoms with Crippen molar-refractivity contribution in [2.75, 3.05) is 0 Å². The van der Waals surface area contributed by atoms with E-state index in [9.17, 15) is 4.79 Å². The van der Waals surface area contributed by atoms with Crippen LogP contribution in [0.15, 0.2) is 36.7 Å². The predicted molar refractivity (Wildman–Crippen MR) is 67.8 cm³/mol. The van der Waals surface area contributed by atoms with E-state index in [1.807, 2.05) is 0 Å². The molecule has 4 nitrogen and oxygen atoms in total. The molecule has 0 unspecified atom stereocenters. The summed E-state index contributed by atoms with van der Waals surface area (Å²) in [5.74, 6) is 0.628. The Morgan fingerprint density at radius 1 is 1.33 bits per heavy atom. The van der Waals surface area contributed by atoms with Crippen molar-refractivity contribution in [3.05, 3.63) is 53.1 Å². The molecule has 0 fully saturated rings. The van der Waals surface area contributed by atoms with Gasteiger partial charge in [0.25, 0.3) is 0 Å². The van der Waals surface area contributed by atoms with Gasteiger partial charge in [-0.15, -0.1) is 0 Å². The Kier molecular flexibility index (Phi) is 3.89. The predicted octanol–water partition coefficient (Wildman–Crippen LogP) is 2.91. The minimum absolute atomic E-state index is 0.00381. The van der Waals surface area contributed by atoms with Gasteiger partial charge in [-0.05, 0) is 25.1 Å². The molecule has 0 radical (unpaired) electrons. The highest BCUT2D eigenvalue weighted by atomic mass is 35.5. The first kappa shape index (κ1) is 12.5.